The van der Waals surface area contributed by atoms with E-state index in [2.05, 4.69) is 9.72 Å². The lowest BCUT2D eigenvalue weighted by Crippen LogP contribution is -2.33. The minimum atomic E-state index is -1.38. The SMILES string of the molecule is O=c1ccn(I)c(=O)[nH]1.OC[C@H]1OC(O)[C@@H](O)[C@@H]1O. The summed E-state index contributed by atoms with van der Waals surface area (Å²) in [7, 11) is 0. The summed E-state index contributed by atoms with van der Waals surface area (Å²) in [5.41, 5.74) is -0.768. The molecule has 0 saturated carbocycles. The van der Waals surface area contributed by atoms with Crippen molar-refractivity contribution < 1.29 is 25.2 Å². The first-order chi connectivity index (χ1) is 8.86. The molecule has 0 radical (unpaired) electrons. The van der Waals surface area contributed by atoms with Crippen LogP contribution in [0.25, 0.3) is 0 Å². The molecule has 1 aliphatic rings. The van der Waals surface area contributed by atoms with Crippen molar-refractivity contribution in [3.8, 4) is 0 Å². The van der Waals surface area contributed by atoms with Crippen molar-refractivity contribution in [3.05, 3.63) is 33.1 Å². The first kappa shape index (κ1) is 16.3. The molecule has 1 saturated heterocycles. The summed E-state index contributed by atoms with van der Waals surface area (Å²) in [5, 5.41) is 35.0. The zero-order valence-corrected chi connectivity index (χ0v) is 11.7. The number of aromatic nitrogens is 2. The summed E-state index contributed by atoms with van der Waals surface area (Å²) >= 11 is 1.78. The Morgan fingerprint density at radius 1 is 1.32 bits per heavy atom. The summed E-state index contributed by atoms with van der Waals surface area (Å²) in [6, 6.07) is 1.29. The molecule has 0 bridgehead atoms. The summed E-state index contributed by atoms with van der Waals surface area (Å²) in [5.74, 6) is 0. The molecule has 0 aromatic carbocycles. The van der Waals surface area contributed by atoms with Crippen molar-refractivity contribution >= 4 is 22.9 Å². The van der Waals surface area contributed by atoms with Crippen LogP contribution in [0.4, 0.5) is 0 Å². The zero-order valence-electron chi connectivity index (χ0n) is 9.51. The van der Waals surface area contributed by atoms with Gasteiger partial charge in [-0.1, -0.05) is 0 Å². The lowest BCUT2D eigenvalue weighted by atomic mass is 10.1. The van der Waals surface area contributed by atoms with E-state index in [1.165, 1.54) is 15.0 Å². The highest BCUT2D eigenvalue weighted by molar-refractivity contribution is 14.1. The first-order valence-corrected chi connectivity index (χ1v) is 6.12. The summed E-state index contributed by atoms with van der Waals surface area (Å²) in [6.07, 6.45) is -3.35. The maximum atomic E-state index is 10.5. The summed E-state index contributed by atoms with van der Waals surface area (Å²) in [6.45, 7) is -0.407. The minimum absolute atomic E-state index is 0.368. The number of nitrogens with zero attached hydrogens (tertiary/aromatic N) is 1. The molecule has 1 unspecified atom stereocenters. The van der Waals surface area contributed by atoms with Gasteiger partial charge in [-0.25, -0.2) is 7.58 Å². The smallest absolute Gasteiger partial charge is 0.337 e. The number of rotatable bonds is 1. The molecule has 1 aromatic heterocycles. The second kappa shape index (κ2) is 7.12. The van der Waals surface area contributed by atoms with Crippen molar-refractivity contribution in [1.82, 2.24) is 7.76 Å². The second-order valence-corrected chi connectivity index (χ2v) is 4.69. The van der Waals surface area contributed by atoms with E-state index >= 15 is 0 Å². The Morgan fingerprint density at radius 3 is 2.26 bits per heavy atom. The van der Waals surface area contributed by atoms with Gasteiger partial charge in [-0.15, -0.1) is 0 Å². The molecule has 19 heavy (non-hydrogen) atoms. The number of nitrogens with one attached hydrogen (secondary N) is 1. The number of halogens is 1. The molecule has 1 aliphatic heterocycles. The Bertz CT molecular complexity index is 516. The Labute approximate surface area is 120 Å². The van der Waals surface area contributed by atoms with Gasteiger partial charge < -0.3 is 25.2 Å². The highest BCUT2D eigenvalue weighted by Crippen LogP contribution is 2.18. The van der Waals surface area contributed by atoms with Crippen molar-refractivity contribution in [2.45, 2.75) is 24.6 Å². The van der Waals surface area contributed by atoms with Gasteiger partial charge in [0.15, 0.2) is 6.29 Å². The number of hydrogen-bond donors (Lipinski definition) is 5. The molecule has 2 heterocycles. The van der Waals surface area contributed by atoms with Crippen LogP contribution >= 0.6 is 22.9 Å². The van der Waals surface area contributed by atoms with Crippen LogP contribution in [-0.2, 0) is 4.74 Å². The van der Waals surface area contributed by atoms with Gasteiger partial charge in [-0.05, 0) is 0 Å². The quantitative estimate of drug-likeness (QED) is 0.326. The van der Waals surface area contributed by atoms with Gasteiger partial charge in [0.1, 0.15) is 18.3 Å². The Hall–Kier alpha value is -0.790. The zero-order chi connectivity index (χ0) is 14.6. The molecule has 2 rings (SSSR count). The maximum absolute atomic E-state index is 10.5. The van der Waals surface area contributed by atoms with Crippen LogP contribution in [0.1, 0.15) is 0 Å². The van der Waals surface area contributed by atoms with Crippen molar-refractivity contribution in [2.75, 3.05) is 6.61 Å². The van der Waals surface area contributed by atoms with Gasteiger partial charge >= 0.3 is 5.69 Å². The monoisotopic (exact) mass is 388 g/mol. The lowest BCUT2D eigenvalue weighted by molar-refractivity contribution is -0.132. The van der Waals surface area contributed by atoms with E-state index in [0.29, 0.717) is 0 Å². The molecule has 5 N–H and O–H groups in total. The molecule has 0 aliphatic carbocycles. The molecule has 1 fully saturated rings. The number of H-pyrrole nitrogens is 1. The molecule has 9 nitrogen and oxygen atoms in total. The maximum Gasteiger partial charge on any atom is 0.337 e. The fraction of sp³-hybridized carbons (Fsp3) is 0.556. The standard InChI is InChI=1S/C5H10O5.C4H3IN2O2/c6-1-2-3(7)4(8)5(9)10-2;5-7-2-1-3(8)6-4(7)9/h2-9H,1H2;1-2H,(H,6,8,9)/t2-,3-,4+,5?;/m1./s1. The summed E-state index contributed by atoms with van der Waals surface area (Å²) in [4.78, 5) is 23.0. The van der Waals surface area contributed by atoms with Crippen LogP contribution in [0.5, 0.6) is 0 Å². The highest BCUT2D eigenvalue weighted by atomic mass is 127. The van der Waals surface area contributed by atoms with Gasteiger partial charge in [0, 0.05) is 12.3 Å². The van der Waals surface area contributed by atoms with Crippen LogP contribution in [0.15, 0.2) is 21.9 Å². The Balaban J connectivity index is 0.000000191. The molecule has 4 atom stereocenters. The highest BCUT2D eigenvalue weighted by Gasteiger charge is 2.41. The average molecular weight is 388 g/mol. The van der Waals surface area contributed by atoms with Gasteiger partial charge in [0.2, 0.25) is 0 Å². The Kier molecular flexibility index (Phi) is 6.09. The van der Waals surface area contributed by atoms with Crippen molar-refractivity contribution in [3.63, 3.8) is 0 Å². The molecule has 108 valence electrons. The number of aliphatic hydroxyl groups is 4. The second-order valence-electron chi connectivity index (χ2n) is 3.65. The van der Waals surface area contributed by atoms with Gasteiger partial charge in [-0.3, -0.25) is 9.78 Å². The fourth-order valence-corrected chi connectivity index (χ4v) is 1.56. The lowest BCUT2D eigenvalue weighted by Gasteiger charge is -2.09. The van der Waals surface area contributed by atoms with Crippen LogP contribution in [0.3, 0.4) is 0 Å². The fourth-order valence-electron chi connectivity index (χ4n) is 1.28. The van der Waals surface area contributed by atoms with E-state index in [9.17, 15) is 9.59 Å². The van der Waals surface area contributed by atoms with E-state index in [-0.39, 0.29) is 5.56 Å². The average Bonchev–Trinajstić information content (AvgIpc) is 2.62. The van der Waals surface area contributed by atoms with Crippen molar-refractivity contribution in [2.24, 2.45) is 0 Å². The van der Waals surface area contributed by atoms with Crippen LogP contribution in [-0.4, -0.2) is 59.4 Å². The molecular formula is C9H13IN2O7. The molecule has 0 amide bonds. The molecule has 10 heteroatoms. The number of ether oxygens (including phenoxy) is 1. The van der Waals surface area contributed by atoms with E-state index in [1.54, 1.807) is 22.9 Å². The summed E-state index contributed by atoms with van der Waals surface area (Å²) < 4.78 is 5.80. The predicted molar refractivity (Wildman–Crippen MR) is 70.7 cm³/mol. The predicted octanol–water partition coefficient (Wildman–Crippen LogP) is -2.85. The van der Waals surface area contributed by atoms with E-state index in [1.807, 2.05) is 0 Å². The molecular weight excluding hydrogens is 375 g/mol. The van der Waals surface area contributed by atoms with E-state index in [4.69, 9.17) is 20.4 Å². The normalized spacial score (nSPS) is 29.7. The number of hydrogen-bond acceptors (Lipinski definition) is 7. The third kappa shape index (κ3) is 4.36. The van der Waals surface area contributed by atoms with Gasteiger partial charge in [-0.2, -0.15) is 0 Å². The van der Waals surface area contributed by atoms with Gasteiger partial charge in [0.05, 0.1) is 29.5 Å². The number of aliphatic hydroxyl groups excluding tert-OH is 4. The minimum Gasteiger partial charge on any atom is -0.394 e. The van der Waals surface area contributed by atoms with Crippen LogP contribution < -0.4 is 11.2 Å². The van der Waals surface area contributed by atoms with E-state index < -0.39 is 36.9 Å². The number of aromatic amines is 1. The largest absolute Gasteiger partial charge is 0.394 e. The molecule has 0 spiro atoms. The molecule has 1 aromatic rings. The van der Waals surface area contributed by atoms with Gasteiger partial charge in [0.25, 0.3) is 5.56 Å². The van der Waals surface area contributed by atoms with E-state index in [0.717, 1.165) is 0 Å². The topological polar surface area (TPSA) is 145 Å². The van der Waals surface area contributed by atoms with Crippen LogP contribution in [0.2, 0.25) is 0 Å². The Morgan fingerprint density at radius 2 is 1.95 bits per heavy atom. The van der Waals surface area contributed by atoms with Crippen molar-refractivity contribution in [1.29, 1.82) is 0 Å². The third-order valence-corrected chi connectivity index (χ3v) is 3.06. The third-order valence-electron chi connectivity index (χ3n) is 2.30. The van der Waals surface area contributed by atoms with Crippen LogP contribution in [0, 0.1) is 0 Å². The first-order valence-electron chi connectivity index (χ1n) is 5.15.